The van der Waals surface area contributed by atoms with Gasteiger partial charge in [0.05, 0.1) is 0 Å². The van der Waals surface area contributed by atoms with E-state index < -0.39 is 23.8 Å². The molecule has 5 nitrogen and oxygen atoms in total. The first-order valence-corrected chi connectivity index (χ1v) is 6.28. The number of carbonyl (C=O) groups is 2. The molecule has 2 unspecified atom stereocenters. The summed E-state index contributed by atoms with van der Waals surface area (Å²) >= 11 is 0. The lowest BCUT2D eigenvalue weighted by atomic mass is 10.0. The van der Waals surface area contributed by atoms with Crippen molar-refractivity contribution in [3.05, 3.63) is 24.8 Å². The first-order valence-electron chi connectivity index (χ1n) is 6.28. The van der Waals surface area contributed by atoms with E-state index in [1.165, 1.54) is 0 Å². The van der Waals surface area contributed by atoms with Crippen LogP contribution in [0.5, 0.6) is 0 Å². The lowest BCUT2D eigenvalue weighted by Crippen LogP contribution is -2.27. The Bertz CT molecular complexity index is 387. The van der Waals surface area contributed by atoms with Crippen molar-refractivity contribution in [2.75, 3.05) is 6.61 Å². The van der Waals surface area contributed by atoms with Crippen molar-refractivity contribution in [1.29, 1.82) is 0 Å². The molecular formula is C14H20O5. The lowest BCUT2D eigenvalue weighted by Gasteiger charge is -2.12. The molecule has 1 rings (SSSR count). The number of epoxide rings is 1. The largest absolute Gasteiger partial charge is 0.459 e. The minimum atomic E-state index is -0.709. The standard InChI is InChI=1S/C14H20O5/c1-5-7-8-14(9-17-12(16)10(3)4)13(19-14)18-11(15)6-2/h6,13H,2-3,5,7-9H2,1,4H3. The van der Waals surface area contributed by atoms with E-state index in [4.69, 9.17) is 14.2 Å². The van der Waals surface area contributed by atoms with Gasteiger partial charge in [0.1, 0.15) is 6.61 Å². The third-order valence-electron chi connectivity index (χ3n) is 2.85. The van der Waals surface area contributed by atoms with Crippen molar-refractivity contribution in [3.8, 4) is 0 Å². The summed E-state index contributed by atoms with van der Waals surface area (Å²) in [6, 6.07) is 0. The van der Waals surface area contributed by atoms with Crippen LogP contribution in [0, 0.1) is 0 Å². The molecule has 1 saturated heterocycles. The van der Waals surface area contributed by atoms with Crippen LogP contribution in [0.25, 0.3) is 0 Å². The lowest BCUT2D eigenvalue weighted by molar-refractivity contribution is -0.142. The normalized spacial score (nSPS) is 24.4. The summed E-state index contributed by atoms with van der Waals surface area (Å²) in [5.74, 6) is -1.02. The molecule has 0 saturated carbocycles. The van der Waals surface area contributed by atoms with E-state index >= 15 is 0 Å². The first-order chi connectivity index (χ1) is 8.95. The maximum absolute atomic E-state index is 11.4. The number of rotatable bonds is 8. The molecular weight excluding hydrogens is 248 g/mol. The van der Waals surface area contributed by atoms with E-state index in [0.29, 0.717) is 12.0 Å². The first kappa shape index (κ1) is 15.4. The Morgan fingerprint density at radius 3 is 2.68 bits per heavy atom. The Morgan fingerprint density at radius 1 is 1.47 bits per heavy atom. The maximum Gasteiger partial charge on any atom is 0.333 e. The molecule has 0 aromatic carbocycles. The third-order valence-corrected chi connectivity index (χ3v) is 2.85. The van der Waals surface area contributed by atoms with Crippen molar-refractivity contribution in [2.24, 2.45) is 0 Å². The Kier molecular flexibility index (Phi) is 5.30. The fourth-order valence-electron chi connectivity index (χ4n) is 1.60. The number of carbonyl (C=O) groups excluding carboxylic acids is 2. The van der Waals surface area contributed by atoms with Gasteiger partial charge in [-0.2, -0.15) is 0 Å². The summed E-state index contributed by atoms with van der Waals surface area (Å²) in [6.07, 6.45) is 2.95. The van der Waals surface area contributed by atoms with Gasteiger partial charge in [0.25, 0.3) is 0 Å². The molecule has 0 bridgehead atoms. The van der Waals surface area contributed by atoms with Crippen molar-refractivity contribution in [2.45, 2.75) is 45.0 Å². The van der Waals surface area contributed by atoms with Crippen LogP contribution in [0.4, 0.5) is 0 Å². The minimum Gasteiger partial charge on any atom is -0.459 e. The zero-order valence-corrected chi connectivity index (χ0v) is 11.4. The smallest absolute Gasteiger partial charge is 0.333 e. The minimum absolute atomic E-state index is 0.0633. The molecule has 1 aliphatic rings. The van der Waals surface area contributed by atoms with Gasteiger partial charge in [-0.05, 0) is 13.3 Å². The van der Waals surface area contributed by atoms with Gasteiger partial charge in [-0.3, -0.25) is 0 Å². The Hall–Kier alpha value is -1.62. The molecule has 106 valence electrons. The average Bonchev–Trinajstić information content (AvgIpc) is 3.06. The fraction of sp³-hybridized carbons (Fsp3) is 0.571. The second-order valence-electron chi connectivity index (χ2n) is 4.62. The highest BCUT2D eigenvalue weighted by Gasteiger charge is 2.60. The summed E-state index contributed by atoms with van der Waals surface area (Å²) in [4.78, 5) is 22.5. The van der Waals surface area contributed by atoms with Crippen LogP contribution in [0.2, 0.25) is 0 Å². The topological polar surface area (TPSA) is 65.1 Å². The molecule has 0 aromatic rings. The highest BCUT2D eigenvalue weighted by Crippen LogP contribution is 2.42. The number of unbranched alkanes of at least 4 members (excludes halogenated alkanes) is 1. The van der Waals surface area contributed by atoms with Crippen LogP contribution in [-0.4, -0.2) is 30.4 Å². The second kappa shape index (κ2) is 6.52. The number of hydrogen-bond donors (Lipinski definition) is 0. The second-order valence-corrected chi connectivity index (χ2v) is 4.62. The molecule has 0 spiro atoms. The monoisotopic (exact) mass is 268 g/mol. The van der Waals surface area contributed by atoms with Crippen LogP contribution in [0.15, 0.2) is 24.8 Å². The average molecular weight is 268 g/mol. The Morgan fingerprint density at radius 2 is 2.16 bits per heavy atom. The predicted octanol–water partition coefficient (Wildman–Crippen LogP) is 2.12. The number of hydrogen-bond acceptors (Lipinski definition) is 5. The van der Waals surface area contributed by atoms with Crippen molar-refractivity contribution >= 4 is 11.9 Å². The van der Waals surface area contributed by atoms with Crippen molar-refractivity contribution in [1.82, 2.24) is 0 Å². The summed E-state index contributed by atoms with van der Waals surface area (Å²) in [5.41, 5.74) is -0.384. The number of ether oxygens (including phenoxy) is 3. The van der Waals surface area contributed by atoms with E-state index in [1.54, 1.807) is 6.92 Å². The molecule has 19 heavy (non-hydrogen) atoms. The molecule has 1 aliphatic heterocycles. The van der Waals surface area contributed by atoms with Crippen molar-refractivity contribution < 1.29 is 23.8 Å². The molecule has 0 aromatic heterocycles. The number of esters is 2. The Labute approximate surface area is 113 Å². The predicted molar refractivity (Wildman–Crippen MR) is 69.2 cm³/mol. The Balaban J connectivity index is 2.54. The SMILES string of the molecule is C=CC(=O)OC1OC1(CCCC)COC(=O)C(=C)C. The summed E-state index contributed by atoms with van der Waals surface area (Å²) < 4.78 is 15.5. The fourth-order valence-corrected chi connectivity index (χ4v) is 1.60. The van der Waals surface area contributed by atoms with E-state index in [9.17, 15) is 9.59 Å². The van der Waals surface area contributed by atoms with Crippen LogP contribution in [0.1, 0.15) is 33.1 Å². The van der Waals surface area contributed by atoms with Gasteiger partial charge in [-0.15, -0.1) is 0 Å². The van der Waals surface area contributed by atoms with E-state index in [2.05, 4.69) is 13.2 Å². The zero-order chi connectivity index (χ0) is 14.5. The van der Waals surface area contributed by atoms with Gasteiger partial charge in [-0.1, -0.05) is 32.9 Å². The highest BCUT2D eigenvalue weighted by molar-refractivity contribution is 5.87. The molecule has 1 heterocycles. The molecule has 0 N–H and O–H groups in total. The molecule has 1 fully saturated rings. The van der Waals surface area contributed by atoms with E-state index in [-0.39, 0.29) is 6.61 Å². The van der Waals surface area contributed by atoms with Gasteiger partial charge < -0.3 is 14.2 Å². The summed E-state index contributed by atoms with van der Waals surface area (Å²) in [5, 5.41) is 0. The summed E-state index contributed by atoms with van der Waals surface area (Å²) in [6.45, 7) is 10.5. The third kappa shape index (κ3) is 4.21. The maximum atomic E-state index is 11.4. The summed E-state index contributed by atoms with van der Waals surface area (Å²) in [7, 11) is 0. The van der Waals surface area contributed by atoms with Gasteiger partial charge in [0, 0.05) is 11.6 Å². The van der Waals surface area contributed by atoms with E-state index in [0.717, 1.165) is 18.9 Å². The van der Waals surface area contributed by atoms with Gasteiger partial charge in [0.15, 0.2) is 5.60 Å². The quantitative estimate of drug-likeness (QED) is 0.383. The zero-order valence-electron chi connectivity index (χ0n) is 11.4. The van der Waals surface area contributed by atoms with Gasteiger partial charge in [0.2, 0.25) is 6.29 Å². The highest BCUT2D eigenvalue weighted by atomic mass is 16.8. The van der Waals surface area contributed by atoms with Crippen molar-refractivity contribution in [3.63, 3.8) is 0 Å². The van der Waals surface area contributed by atoms with Crippen LogP contribution >= 0.6 is 0 Å². The van der Waals surface area contributed by atoms with E-state index in [1.807, 2.05) is 6.92 Å². The van der Waals surface area contributed by atoms with Gasteiger partial charge in [-0.25, -0.2) is 9.59 Å². The molecule has 0 aliphatic carbocycles. The molecule has 5 heteroatoms. The van der Waals surface area contributed by atoms with Gasteiger partial charge >= 0.3 is 11.9 Å². The van der Waals surface area contributed by atoms with Crippen LogP contribution in [0.3, 0.4) is 0 Å². The molecule has 0 amide bonds. The van der Waals surface area contributed by atoms with Crippen LogP contribution in [-0.2, 0) is 23.8 Å². The van der Waals surface area contributed by atoms with Crippen LogP contribution < -0.4 is 0 Å². The molecule has 0 radical (unpaired) electrons. The molecule has 2 atom stereocenters.